The monoisotopic (exact) mass is 720 g/mol. The standard InChI is InChI=1S/2C14H15.C2H6Ge.2ClH.Hf/c2*1-3-12-7-9-13(10-8-12)14-6-4-5-11(14)2;1-3-2;;;/h2*6-10H,3-4H2,1-2H3;1-2H3;2*1H;/q2*-1;;;;+2/p-2. The van der Waals surface area contributed by atoms with Crippen LogP contribution in [0, 0.1) is 12.2 Å². The van der Waals surface area contributed by atoms with E-state index in [0.717, 1.165) is 25.7 Å². The van der Waals surface area contributed by atoms with Crippen LogP contribution in [0.3, 0.4) is 0 Å². The minimum absolute atomic E-state index is 0. The zero-order chi connectivity index (χ0) is 23.5. The molecule has 2 aliphatic carbocycles. The van der Waals surface area contributed by atoms with E-state index < -0.39 is 0 Å². The van der Waals surface area contributed by atoms with E-state index >= 15 is 0 Å². The molecule has 0 bridgehead atoms. The van der Waals surface area contributed by atoms with Gasteiger partial charge in [-0.15, -0.1) is 24.0 Å². The van der Waals surface area contributed by atoms with Crippen molar-refractivity contribution in [2.24, 2.45) is 0 Å². The Morgan fingerprint density at radius 1 is 0.676 bits per heavy atom. The smallest absolute Gasteiger partial charge is 1.00 e. The SMILES string of the molecule is CCc1ccc(C2=CC[C-]=C2C)cc1.CCc1ccc(C2=CC[C-]=C2C)cc1.[CH3][Ge]([CH3])=[Hf+2].[Cl-].[Cl-]. The van der Waals surface area contributed by atoms with E-state index in [0.29, 0.717) is 0 Å². The Bertz CT molecular complexity index is 943. The van der Waals surface area contributed by atoms with Crippen LogP contribution in [0.1, 0.15) is 62.8 Å². The predicted molar refractivity (Wildman–Crippen MR) is 139 cm³/mol. The maximum absolute atomic E-state index is 3.32. The van der Waals surface area contributed by atoms with Crippen molar-refractivity contribution < 1.29 is 46.1 Å². The van der Waals surface area contributed by atoms with Gasteiger partial charge in [-0.3, -0.25) is 12.2 Å². The van der Waals surface area contributed by atoms with Gasteiger partial charge in [0, 0.05) is 0 Å². The van der Waals surface area contributed by atoms with Crippen LogP contribution < -0.4 is 24.8 Å². The summed E-state index contributed by atoms with van der Waals surface area (Å²) in [5.41, 5.74) is 10.7. The molecular weight excluding hydrogens is 682 g/mol. The van der Waals surface area contributed by atoms with E-state index in [1.165, 1.54) is 65.8 Å². The molecule has 0 amide bonds. The molecule has 4 rings (SSSR count). The molecule has 0 nitrogen and oxygen atoms in total. The Kier molecular flexibility index (Phi) is 17.4. The summed E-state index contributed by atoms with van der Waals surface area (Å²) < 4.78 is 0. The second kappa shape index (κ2) is 17.8. The molecule has 0 saturated carbocycles. The fourth-order valence-electron chi connectivity index (χ4n) is 3.62. The number of rotatable bonds is 4. The molecular formula is C30H36Cl2GeHf-2. The third kappa shape index (κ3) is 11.0. The van der Waals surface area contributed by atoms with Gasteiger partial charge in [-0.1, -0.05) is 76.2 Å². The van der Waals surface area contributed by atoms with Crippen LogP contribution in [-0.2, 0) is 34.1 Å². The van der Waals surface area contributed by atoms with Gasteiger partial charge in [-0.25, -0.2) is 11.1 Å². The summed E-state index contributed by atoms with van der Waals surface area (Å²) in [5, 5.41) is 0. The van der Waals surface area contributed by atoms with Crippen molar-refractivity contribution in [3.63, 3.8) is 0 Å². The summed E-state index contributed by atoms with van der Waals surface area (Å²) in [7, 11) is -0.194. The third-order valence-electron chi connectivity index (χ3n) is 5.50. The summed E-state index contributed by atoms with van der Waals surface area (Å²) in [4.78, 5) is 0. The normalized spacial score (nSPS) is 13.4. The summed E-state index contributed by atoms with van der Waals surface area (Å²) in [6, 6.07) is 17.7. The number of allylic oxidation sites excluding steroid dienone is 8. The van der Waals surface area contributed by atoms with E-state index in [2.05, 4.69) is 112 Å². The van der Waals surface area contributed by atoms with Gasteiger partial charge in [0.15, 0.2) is 0 Å². The molecule has 180 valence electrons. The van der Waals surface area contributed by atoms with E-state index in [-0.39, 0.29) is 34.9 Å². The van der Waals surface area contributed by atoms with Crippen LogP contribution in [0.25, 0.3) is 11.1 Å². The zero-order valence-electron chi connectivity index (χ0n) is 21.4. The molecule has 2 aromatic rings. The van der Waals surface area contributed by atoms with Crippen molar-refractivity contribution in [1.82, 2.24) is 0 Å². The molecule has 0 radical (unpaired) electrons. The summed E-state index contributed by atoms with van der Waals surface area (Å²) in [5.74, 6) is 4.79. The van der Waals surface area contributed by atoms with Crippen molar-refractivity contribution in [3.05, 3.63) is 106 Å². The molecule has 0 heterocycles. The molecule has 2 aromatic carbocycles. The second-order valence-corrected chi connectivity index (χ2v) is 31.2. The zero-order valence-corrected chi connectivity index (χ0v) is 28.6. The predicted octanol–water partition coefficient (Wildman–Crippen LogP) is 2.36. The first-order chi connectivity index (χ1) is 15.3. The number of benzene rings is 2. The van der Waals surface area contributed by atoms with Crippen LogP contribution >= 0.6 is 0 Å². The average molecular weight is 719 g/mol. The second-order valence-electron chi connectivity index (χ2n) is 8.35. The van der Waals surface area contributed by atoms with E-state index in [1.54, 1.807) is 0 Å². The molecule has 0 unspecified atom stereocenters. The first-order valence-corrected chi connectivity index (χ1v) is 26.2. The Morgan fingerprint density at radius 3 is 1.18 bits per heavy atom. The van der Waals surface area contributed by atoms with Crippen molar-refractivity contribution in [2.45, 2.75) is 64.9 Å². The van der Waals surface area contributed by atoms with Gasteiger partial charge in [0.25, 0.3) is 0 Å². The number of hydrogen-bond acceptors (Lipinski definition) is 0. The molecule has 0 N–H and O–H groups in total. The van der Waals surface area contributed by atoms with Crippen LogP contribution in [0.15, 0.2) is 71.8 Å². The third-order valence-corrected chi connectivity index (χ3v) is 5.50. The quantitative estimate of drug-likeness (QED) is 0.337. The maximum Gasteiger partial charge on any atom is -1.00 e. The van der Waals surface area contributed by atoms with E-state index in [4.69, 9.17) is 0 Å². The van der Waals surface area contributed by atoms with Crippen LogP contribution in [0.2, 0.25) is 11.5 Å². The summed E-state index contributed by atoms with van der Waals surface area (Å²) in [6.45, 7) is 8.63. The number of aryl methyl sites for hydroxylation is 2. The van der Waals surface area contributed by atoms with Crippen LogP contribution in [0.4, 0.5) is 0 Å². The van der Waals surface area contributed by atoms with Gasteiger partial charge in [-0.2, -0.15) is 23.3 Å². The first-order valence-electron chi connectivity index (χ1n) is 11.6. The molecule has 2 aliphatic rings. The largest absolute Gasteiger partial charge is 1.00 e. The molecule has 4 heteroatoms. The molecule has 0 aliphatic heterocycles. The Morgan fingerprint density at radius 2 is 0.971 bits per heavy atom. The van der Waals surface area contributed by atoms with Gasteiger partial charge in [0.05, 0.1) is 0 Å². The number of hydrogen-bond donors (Lipinski definition) is 0. The fraction of sp³-hybridized carbons (Fsp3) is 0.333. The Balaban J connectivity index is 0.000000528. The maximum atomic E-state index is 3.32. The molecule has 0 fully saturated rings. The molecule has 0 saturated heterocycles. The van der Waals surface area contributed by atoms with Crippen molar-refractivity contribution >= 4 is 21.2 Å². The van der Waals surface area contributed by atoms with E-state index in [1.807, 2.05) is 0 Å². The van der Waals surface area contributed by atoms with Crippen molar-refractivity contribution in [3.8, 4) is 0 Å². The molecule has 0 atom stereocenters. The molecule has 34 heavy (non-hydrogen) atoms. The van der Waals surface area contributed by atoms with Gasteiger partial charge >= 0.3 is 42.8 Å². The van der Waals surface area contributed by atoms with Crippen molar-refractivity contribution in [1.29, 1.82) is 0 Å². The molecule has 0 aromatic heterocycles. The minimum Gasteiger partial charge on any atom is -1.00 e. The summed E-state index contributed by atoms with van der Waals surface area (Å²) in [6.07, 6.45) is 15.3. The number of halogens is 2. The van der Waals surface area contributed by atoms with Gasteiger partial charge in [-0.05, 0) is 24.0 Å². The van der Waals surface area contributed by atoms with Crippen LogP contribution in [-0.4, -0.2) is 10.1 Å². The minimum atomic E-state index is -0.194. The van der Waals surface area contributed by atoms with E-state index in [9.17, 15) is 0 Å². The summed E-state index contributed by atoms with van der Waals surface area (Å²) >= 11 is 1.52. The fourth-order valence-corrected chi connectivity index (χ4v) is 3.62. The molecule has 0 spiro atoms. The van der Waals surface area contributed by atoms with Gasteiger partial charge < -0.3 is 24.8 Å². The van der Waals surface area contributed by atoms with Gasteiger partial charge in [0.1, 0.15) is 0 Å². The topological polar surface area (TPSA) is 0 Å². The van der Waals surface area contributed by atoms with Crippen LogP contribution in [0.5, 0.6) is 0 Å². The van der Waals surface area contributed by atoms with Crippen molar-refractivity contribution in [2.75, 3.05) is 0 Å². The Labute approximate surface area is 236 Å². The average Bonchev–Trinajstić information content (AvgIpc) is 3.42. The first kappa shape index (κ1) is 33.4. The van der Waals surface area contributed by atoms with Gasteiger partial charge in [0.2, 0.25) is 0 Å². The Hall–Kier alpha value is -0.607.